The Morgan fingerprint density at radius 1 is 0.838 bits per heavy atom. The first kappa shape index (κ1) is 25.9. The Morgan fingerprint density at radius 2 is 1.35 bits per heavy atom. The van der Waals surface area contributed by atoms with Crippen molar-refractivity contribution in [3.63, 3.8) is 0 Å². The van der Waals surface area contributed by atoms with Gasteiger partial charge >= 0.3 is 5.97 Å². The average molecular weight is 499 g/mol. The lowest BCUT2D eigenvalue weighted by Gasteiger charge is -2.17. The number of hydrogen-bond acceptors (Lipinski definition) is 6. The Kier molecular flexibility index (Phi) is 7.34. The van der Waals surface area contributed by atoms with Crippen molar-refractivity contribution in [2.24, 2.45) is 0 Å². The minimum absolute atomic E-state index is 0.331. The second kappa shape index (κ2) is 10.5. The monoisotopic (exact) mass is 498 g/mol. The Balaban J connectivity index is 1.66. The summed E-state index contributed by atoms with van der Waals surface area (Å²) in [6, 6.07) is 20.5. The van der Waals surface area contributed by atoms with Crippen LogP contribution in [0.1, 0.15) is 20.8 Å². The minimum Gasteiger partial charge on any atom is -0.461 e. The summed E-state index contributed by atoms with van der Waals surface area (Å²) in [7, 11) is 0. The van der Waals surface area contributed by atoms with Gasteiger partial charge in [0.2, 0.25) is 6.29 Å². The highest BCUT2D eigenvalue weighted by Gasteiger charge is 2.49. The second-order valence-corrected chi connectivity index (χ2v) is 9.21. The maximum atomic E-state index is 11.8. The van der Waals surface area contributed by atoms with Gasteiger partial charge in [-0.2, -0.15) is 0 Å². The molecule has 1 heterocycles. The summed E-state index contributed by atoms with van der Waals surface area (Å²) in [4.78, 5) is 11.8. The number of ether oxygens (including phenoxy) is 4. The third kappa shape index (κ3) is 6.17. The van der Waals surface area contributed by atoms with Crippen molar-refractivity contribution in [2.45, 2.75) is 32.8 Å². The molecule has 1 saturated heterocycles. The zero-order valence-corrected chi connectivity index (χ0v) is 21.2. The molecule has 1 aliphatic rings. The molecule has 0 amide bonds. The number of epoxide rings is 1. The number of hydrogen-bond donors (Lipinski definition) is 1. The van der Waals surface area contributed by atoms with Crippen LogP contribution in [0.2, 0.25) is 0 Å². The third-order valence-corrected chi connectivity index (χ3v) is 5.85. The number of esters is 1. The van der Waals surface area contributed by atoms with Gasteiger partial charge in [0.25, 0.3) is 5.79 Å². The first-order chi connectivity index (χ1) is 17.6. The van der Waals surface area contributed by atoms with Gasteiger partial charge in [-0.3, -0.25) is 0 Å². The van der Waals surface area contributed by atoms with E-state index in [0.29, 0.717) is 35.0 Å². The lowest BCUT2D eigenvalue weighted by Crippen LogP contribution is -2.21. The van der Waals surface area contributed by atoms with Crippen molar-refractivity contribution in [1.29, 1.82) is 0 Å². The van der Waals surface area contributed by atoms with Crippen LogP contribution in [0.4, 0.5) is 0 Å². The van der Waals surface area contributed by atoms with E-state index < -0.39 is 18.0 Å². The van der Waals surface area contributed by atoms with Crippen molar-refractivity contribution >= 4 is 5.97 Å². The predicted molar refractivity (Wildman–Crippen MR) is 143 cm³/mol. The Hall–Kier alpha value is -4.13. The van der Waals surface area contributed by atoms with Crippen LogP contribution in [-0.4, -0.2) is 29.8 Å². The van der Waals surface area contributed by atoms with Gasteiger partial charge < -0.3 is 24.1 Å². The number of aliphatic hydroxyl groups excluding tert-OH is 1. The highest BCUT2D eigenvalue weighted by molar-refractivity contribution is 5.88. The molecular weight excluding hydrogens is 468 g/mol. The maximum Gasteiger partial charge on any atom is 0.338 e. The van der Waals surface area contributed by atoms with Crippen LogP contribution in [0, 0.1) is 0 Å². The van der Waals surface area contributed by atoms with Gasteiger partial charge in [0.05, 0.1) is 0 Å². The molecule has 2 unspecified atom stereocenters. The summed E-state index contributed by atoms with van der Waals surface area (Å²) in [5.74, 6) is 0.309. The molecule has 6 nitrogen and oxygen atoms in total. The maximum absolute atomic E-state index is 11.8. The summed E-state index contributed by atoms with van der Waals surface area (Å²) in [5, 5.41) is 9.93. The van der Waals surface area contributed by atoms with Gasteiger partial charge in [-0.05, 0) is 96.6 Å². The first-order valence-corrected chi connectivity index (χ1v) is 11.8. The number of benzene rings is 3. The first-order valence-electron chi connectivity index (χ1n) is 11.8. The molecule has 37 heavy (non-hydrogen) atoms. The molecule has 190 valence electrons. The van der Waals surface area contributed by atoms with Crippen molar-refractivity contribution in [3.05, 3.63) is 103 Å². The molecule has 0 radical (unpaired) electrons. The summed E-state index contributed by atoms with van der Waals surface area (Å²) < 4.78 is 22.6. The lowest BCUT2D eigenvalue weighted by molar-refractivity contribution is -0.130. The van der Waals surface area contributed by atoms with E-state index in [1.807, 2.05) is 49.4 Å². The van der Waals surface area contributed by atoms with Gasteiger partial charge in [-0.1, -0.05) is 44.0 Å². The van der Waals surface area contributed by atoms with Gasteiger partial charge in [0.15, 0.2) is 0 Å². The van der Waals surface area contributed by atoms with Crippen LogP contribution in [0.5, 0.6) is 17.2 Å². The van der Waals surface area contributed by atoms with Crippen LogP contribution in [0.15, 0.2) is 103 Å². The summed E-state index contributed by atoms with van der Waals surface area (Å²) in [6.45, 7) is 16.9. The average Bonchev–Trinajstić information content (AvgIpc) is 3.65. The van der Waals surface area contributed by atoms with Crippen LogP contribution in [-0.2, 0) is 9.53 Å². The standard InChI is InChI=1S/C31H30O6/c1-19(2)29(32)35-26-11-7-22(8-12-26)24-15-25(17-28(16-24)37-31(18-34-31)21(5)6)23-9-13-27(14-10-23)36-30(33)20(3)4/h7-17,29,32H,1,3,5,18H2,2,4,6H3. The van der Waals surface area contributed by atoms with Crippen molar-refractivity contribution in [3.8, 4) is 39.5 Å². The fourth-order valence-electron chi connectivity index (χ4n) is 3.50. The molecule has 1 fully saturated rings. The van der Waals surface area contributed by atoms with Crippen LogP contribution in [0.25, 0.3) is 22.3 Å². The zero-order valence-electron chi connectivity index (χ0n) is 21.2. The predicted octanol–water partition coefficient (Wildman–Crippen LogP) is 6.46. The Bertz CT molecular complexity index is 1350. The topological polar surface area (TPSA) is 77.5 Å². The van der Waals surface area contributed by atoms with Crippen LogP contribution >= 0.6 is 0 Å². The fraction of sp³-hybridized carbons (Fsp3) is 0.194. The van der Waals surface area contributed by atoms with Crippen LogP contribution in [0.3, 0.4) is 0 Å². The molecule has 0 bridgehead atoms. The number of aliphatic hydroxyl groups is 1. The minimum atomic E-state index is -1.07. The summed E-state index contributed by atoms with van der Waals surface area (Å²) in [6.07, 6.45) is -1.07. The van der Waals surface area contributed by atoms with E-state index in [1.165, 1.54) is 0 Å². The quantitative estimate of drug-likeness (QED) is 0.0864. The van der Waals surface area contributed by atoms with Gasteiger partial charge in [0, 0.05) is 5.57 Å². The third-order valence-electron chi connectivity index (χ3n) is 5.85. The Labute approximate surface area is 217 Å². The van der Waals surface area contributed by atoms with Gasteiger partial charge in [0.1, 0.15) is 23.9 Å². The SMILES string of the molecule is C=C(C)C(=O)Oc1ccc(-c2cc(OC3(C(=C)C)CO3)cc(-c3ccc(OC(O)C(=C)C)cc3)c2)cc1. The molecule has 6 heteroatoms. The van der Waals surface area contributed by atoms with E-state index in [1.54, 1.807) is 38.1 Å². The van der Waals surface area contributed by atoms with Crippen molar-refractivity contribution < 1.29 is 28.8 Å². The van der Waals surface area contributed by atoms with E-state index in [0.717, 1.165) is 27.8 Å². The summed E-state index contributed by atoms with van der Waals surface area (Å²) in [5.41, 5.74) is 5.30. The van der Waals surface area contributed by atoms with Crippen molar-refractivity contribution in [1.82, 2.24) is 0 Å². The van der Waals surface area contributed by atoms with Gasteiger partial charge in [-0.15, -0.1) is 0 Å². The lowest BCUT2D eigenvalue weighted by atomic mass is 9.98. The summed E-state index contributed by atoms with van der Waals surface area (Å²) >= 11 is 0. The molecule has 4 rings (SSSR count). The van der Waals surface area contributed by atoms with E-state index >= 15 is 0 Å². The Morgan fingerprint density at radius 3 is 1.78 bits per heavy atom. The molecule has 3 aromatic rings. The van der Waals surface area contributed by atoms with Crippen molar-refractivity contribution in [2.75, 3.05) is 6.61 Å². The van der Waals surface area contributed by atoms with E-state index in [9.17, 15) is 9.90 Å². The molecular formula is C31H30O6. The molecule has 1 aliphatic heterocycles. The number of carbonyl (C=O) groups is 1. The smallest absolute Gasteiger partial charge is 0.338 e. The second-order valence-electron chi connectivity index (χ2n) is 9.21. The molecule has 3 aromatic carbocycles. The van der Waals surface area contributed by atoms with Gasteiger partial charge in [-0.25, -0.2) is 4.79 Å². The largest absolute Gasteiger partial charge is 0.461 e. The molecule has 0 saturated carbocycles. The molecule has 2 atom stereocenters. The van der Waals surface area contributed by atoms with Crippen LogP contribution < -0.4 is 14.2 Å². The normalized spacial score (nSPS) is 16.9. The van der Waals surface area contributed by atoms with E-state index in [2.05, 4.69) is 19.7 Å². The molecule has 0 aliphatic carbocycles. The van der Waals surface area contributed by atoms with E-state index in [-0.39, 0.29) is 0 Å². The molecule has 0 aromatic heterocycles. The number of carbonyl (C=O) groups excluding carboxylic acids is 1. The molecule has 1 N–H and O–H groups in total. The molecule has 0 spiro atoms. The zero-order chi connectivity index (χ0) is 26.7. The highest BCUT2D eigenvalue weighted by atomic mass is 16.8. The number of rotatable bonds is 10. The highest BCUT2D eigenvalue weighted by Crippen LogP contribution is 2.40. The van der Waals surface area contributed by atoms with E-state index in [4.69, 9.17) is 18.9 Å². The fourth-order valence-corrected chi connectivity index (χ4v) is 3.50.